The minimum Gasteiger partial charge on any atom is -0.481 e. The lowest BCUT2D eigenvalue weighted by Gasteiger charge is -2.23. The van der Waals surface area contributed by atoms with Crippen molar-refractivity contribution in [2.75, 3.05) is 0 Å². The van der Waals surface area contributed by atoms with Crippen molar-refractivity contribution >= 4 is 23.9 Å². The van der Waals surface area contributed by atoms with Gasteiger partial charge in [0, 0.05) is 6.42 Å². The molecule has 0 aliphatic carbocycles. The highest BCUT2D eigenvalue weighted by molar-refractivity contribution is 5.89. The summed E-state index contributed by atoms with van der Waals surface area (Å²) in [7, 11) is 0. The Kier molecular flexibility index (Phi) is 8.73. The third-order valence-electron chi connectivity index (χ3n) is 3.51. The largest absolute Gasteiger partial charge is 0.481 e. The lowest BCUT2D eigenvalue weighted by atomic mass is 10.1. The van der Waals surface area contributed by atoms with Crippen LogP contribution in [0.1, 0.15) is 25.3 Å². The van der Waals surface area contributed by atoms with Crippen molar-refractivity contribution in [1.29, 1.82) is 0 Å². The molecule has 10 nitrogen and oxygen atoms in total. The maximum atomic E-state index is 12.2. The number of benzene rings is 1. The Hall–Kier alpha value is -3.14. The first kappa shape index (κ1) is 21.9. The normalized spacial score (nSPS) is 13.7. The van der Waals surface area contributed by atoms with Gasteiger partial charge in [0.15, 0.2) is 0 Å². The Morgan fingerprint density at radius 3 is 2.22 bits per heavy atom. The lowest BCUT2D eigenvalue weighted by Crippen LogP contribution is -2.55. The van der Waals surface area contributed by atoms with Crippen LogP contribution in [-0.4, -0.2) is 57.4 Å². The molecule has 0 aliphatic heterocycles. The average molecular weight is 382 g/mol. The van der Waals surface area contributed by atoms with E-state index in [0.29, 0.717) is 5.56 Å². The number of aliphatic hydroxyl groups excluding tert-OH is 1. The van der Waals surface area contributed by atoms with Gasteiger partial charge in [-0.1, -0.05) is 30.3 Å². The zero-order valence-electron chi connectivity index (χ0n) is 14.6. The average Bonchev–Trinajstić information content (AvgIpc) is 2.61. The van der Waals surface area contributed by atoms with Crippen LogP contribution >= 0.6 is 0 Å². The molecule has 0 bridgehead atoms. The number of hydrogen-bond donors (Lipinski definition) is 5. The number of amides is 2. The summed E-state index contributed by atoms with van der Waals surface area (Å²) in [6, 6.07) is 5.81. The summed E-state index contributed by atoms with van der Waals surface area (Å²) in [4.78, 5) is 45.8. The van der Waals surface area contributed by atoms with Crippen molar-refractivity contribution in [3.8, 4) is 0 Å². The Balaban J connectivity index is 2.64. The summed E-state index contributed by atoms with van der Waals surface area (Å²) >= 11 is 0. The van der Waals surface area contributed by atoms with Crippen LogP contribution in [0.25, 0.3) is 0 Å². The topological polar surface area (TPSA) is 162 Å². The van der Waals surface area contributed by atoms with E-state index in [2.05, 4.69) is 10.6 Å². The number of aliphatic hydroxyl groups is 1. The molecule has 2 amide bonds. The van der Waals surface area contributed by atoms with Crippen molar-refractivity contribution in [2.45, 2.75) is 44.6 Å². The highest BCUT2D eigenvalue weighted by atomic mass is 16.5. The van der Waals surface area contributed by atoms with Gasteiger partial charge in [0.1, 0.15) is 18.7 Å². The molecule has 0 aromatic heterocycles. The van der Waals surface area contributed by atoms with Crippen LogP contribution in [0.2, 0.25) is 0 Å². The monoisotopic (exact) mass is 382 g/mol. The van der Waals surface area contributed by atoms with Gasteiger partial charge in [0.05, 0.1) is 6.10 Å². The number of nitrogens with one attached hydrogen (secondary N) is 2. The van der Waals surface area contributed by atoms with Crippen molar-refractivity contribution in [3.63, 3.8) is 0 Å². The first-order chi connectivity index (χ1) is 12.7. The molecule has 0 saturated carbocycles. The maximum absolute atomic E-state index is 12.2. The smallest absolute Gasteiger partial charge is 0.408 e. The molecule has 1 aromatic rings. The van der Waals surface area contributed by atoms with Crippen LogP contribution in [0.3, 0.4) is 0 Å². The molecule has 148 valence electrons. The number of alkyl carbamates (subject to hydrolysis) is 1. The highest BCUT2D eigenvalue weighted by Crippen LogP contribution is 2.03. The fourth-order valence-electron chi connectivity index (χ4n) is 2.08. The summed E-state index contributed by atoms with van der Waals surface area (Å²) in [6.45, 7) is 1.17. The van der Waals surface area contributed by atoms with Gasteiger partial charge >= 0.3 is 18.0 Å². The summed E-state index contributed by atoms with van der Waals surface area (Å²) in [5.41, 5.74) is 0.713. The molecule has 0 fully saturated rings. The van der Waals surface area contributed by atoms with Crippen LogP contribution < -0.4 is 10.6 Å². The van der Waals surface area contributed by atoms with Crippen LogP contribution in [0, 0.1) is 0 Å². The molecule has 0 unspecified atom stereocenters. The number of ether oxygens (including phenoxy) is 1. The molecule has 27 heavy (non-hydrogen) atoms. The third kappa shape index (κ3) is 8.19. The molecular formula is C17H22N2O8. The third-order valence-corrected chi connectivity index (χ3v) is 3.51. The fourth-order valence-corrected chi connectivity index (χ4v) is 2.08. The number of rotatable bonds is 10. The van der Waals surface area contributed by atoms with Gasteiger partial charge in [0.25, 0.3) is 0 Å². The van der Waals surface area contributed by atoms with Crippen LogP contribution in [-0.2, 0) is 25.7 Å². The van der Waals surface area contributed by atoms with E-state index in [1.54, 1.807) is 30.3 Å². The van der Waals surface area contributed by atoms with Crippen molar-refractivity contribution < 1.29 is 39.2 Å². The van der Waals surface area contributed by atoms with E-state index in [1.807, 2.05) is 0 Å². The number of carbonyl (C=O) groups is 4. The van der Waals surface area contributed by atoms with Gasteiger partial charge in [-0.15, -0.1) is 0 Å². The molecule has 1 aromatic carbocycles. The van der Waals surface area contributed by atoms with E-state index >= 15 is 0 Å². The van der Waals surface area contributed by atoms with Gasteiger partial charge in [0.2, 0.25) is 5.91 Å². The predicted molar refractivity (Wildman–Crippen MR) is 91.7 cm³/mol. The molecule has 0 heterocycles. The SMILES string of the molecule is C[C@@H](O)[C@H](NC(=O)OCc1ccccc1)C(=O)N[C@@H](CCC(=O)O)C(=O)O. The first-order valence-corrected chi connectivity index (χ1v) is 8.11. The Morgan fingerprint density at radius 2 is 1.70 bits per heavy atom. The lowest BCUT2D eigenvalue weighted by molar-refractivity contribution is -0.143. The summed E-state index contributed by atoms with van der Waals surface area (Å²) in [5.74, 6) is -3.62. The molecule has 0 radical (unpaired) electrons. The van der Waals surface area contributed by atoms with Gasteiger partial charge in [-0.25, -0.2) is 9.59 Å². The van der Waals surface area contributed by atoms with Crippen molar-refractivity contribution in [3.05, 3.63) is 35.9 Å². The van der Waals surface area contributed by atoms with E-state index in [0.717, 1.165) is 0 Å². The van der Waals surface area contributed by atoms with Crippen molar-refractivity contribution in [2.24, 2.45) is 0 Å². The van der Waals surface area contributed by atoms with Gasteiger partial charge in [-0.2, -0.15) is 0 Å². The van der Waals surface area contributed by atoms with Crippen LogP contribution in [0.4, 0.5) is 4.79 Å². The fraction of sp³-hybridized carbons (Fsp3) is 0.412. The maximum Gasteiger partial charge on any atom is 0.408 e. The number of carboxylic acid groups (broad SMARTS) is 2. The summed E-state index contributed by atoms with van der Waals surface area (Å²) in [5, 5.41) is 31.7. The van der Waals surface area contributed by atoms with Gasteiger partial charge in [-0.3, -0.25) is 9.59 Å². The Bertz CT molecular complexity index is 662. The quantitative estimate of drug-likeness (QED) is 0.380. The molecule has 0 saturated heterocycles. The number of aliphatic carboxylic acids is 2. The molecule has 1 rings (SSSR count). The van der Waals surface area contributed by atoms with E-state index in [9.17, 15) is 24.3 Å². The Morgan fingerprint density at radius 1 is 1.07 bits per heavy atom. The second-order valence-corrected chi connectivity index (χ2v) is 5.76. The van der Waals surface area contributed by atoms with E-state index in [4.69, 9.17) is 14.9 Å². The Labute approximate surface area is 155 Å². The molecule has 0 aliphatic rings. The molecule has 3 atom stereocenters. The first-order valence-electron chi connectivity index (χ1n) is 8.11. The zero-order valence-corrected chi connectivity index (χ0v) is 14.6. The second-order valence-electron chi connectivity index (χ2n) is 5.76. The van der Waals surface area contributed by atoms with Crippen molar-refractivity contribution in [1.82, 2.24) is 10.6 Å². The predicted octanol–water partition coefficient (Wildman–Crippen LogP) is 0.0964. The standard InChI is InChI=1S/C17H22N2O8/c1-10(20)14(15(23)18-12(16(24)25)7-8-13(21)22)19-17(26)27-9-11-5-3-2-4-6-11/h2-6,10,12,14,20H,7-9H2,1H3,(H,18,23)(H,19,26)(H,21,22)(H,24,25)/t10-,12+,14+/m1/s1. The molecular weight excluding hydrogens is 360 g/mol. The zero-order chi connectivity index (χ0) is 20.4. The van der Waals surface area contributed by atoms with E-state index < -0.39 is 48.5 Å². The number of hydrogen-bond acceptors (Lipinski definition) is 6. The minimum atomic E-state index is -1.48. The summed E-state index contributed by atoms with van der Waals surface area (Å²) in [6.07, 6.45) is -3.13. The minimum absolute atomic E-state index is 0.0583. The van der Waals surface area contributed by atoms with Crippen LogP contribution in [0.5, 0.6) is 0 Å². The molecule has 5 N–H and O–H groups in total. The van der Waals surface area contributed by atoms with Crippen LogP contribution in [0.15, 0.2) is 30.3 Å². The number of carboxylic acids is 2. The number of carbonyl (C=O) groups excluding carboxylic acids is 2. The molecule has 0 spiro atoms. The van der Waals surface area contributed by atoms with E-state index in [-0.39, 0.29) is 13.0 Å². The van der Waals surface area contributed by atoms with Gasteiger partial charge < -0.3 is 30.7 Å². The van der Waals surface area contributed by atoms with E-state index in [1.165, 1.54) is 6.92 Å². The molecule has 10 heteroatoms. The second kappa shape index (κ2) is 10.8. The summed E-state index contributed by atoms with van der Waals surface area (Å²) < 4.78 is 4.96. The van der Waals surface area contributed by atoms with Gasteiger partial charge in [-0.05, 0) is 18.9 Å². The highest BCUT2D eigenvalue weighted by Gasteiger charge is 2.30.